The predicted molar refractivity (Wildman–Crippen MR) is 50.4 cm³/mol. The van der Waals surface area contributed by atoms with E-state index in [9.17, 15) is 5.11 Å². The van der Waals surface area contributed by atoms with E-state index in [-0.39, 0.29) is 0 Å². The van der Waals surface area contributed by atoms with E-state index in [1.807, 2.05) is 17.5 Å². The third kappa shape index (κ3) is 1.64. The minimum atomic E-state index is -0.506. The Kier molecular flexibility index (Phi) is 2.16. The quantitative estimate of drug-likeness (QED) is 0.800. The van der Waals surface area contributed by atoms with Crippen molar-refractivity contribution in [2.75, 3.05) is 0 Å². The molecule has 1 atom stereocenters. The third-order valence-electron chi connectivity index (χ3n) is 1.65. The third-order valence-corrected chi connectivity index (χ3v) is 2.67. The van der Waals surface area contributed by atoms with Crippen LogP contribution in [0.4, 0.5) is 0 Å². The van der Waals surface area contributed by atoms with Crippen LogP contribution in [0.25, 0.3) is 11.5 Å². The van der Waals surface area contributed by atoms with Gasteiger partial charge in [0.1, 0.15) is 16.8 Å². The maximum absolute atomic E-state index is 9.25. The topological polar surface area (TPSA) is 46.3 Å². The van der Waals surface area contributed by atoms with Crippen molar-refractivity contribution in [3.8, 4) is 11.5 Å². The molecule has 0 saturated carbocycles. The van der Waals surface area contributed by atoms with Crippen molar-refractivity contribution in [2.24, 2.45) is 0 Å². The largest absolute Gasteiger partial charge is 0.463 e. The van der Waals surface area contributed by atoms with Gasteiger partial charge in [-0.25, -0.2) is 4.98 Å². The standard InChI is InChI=1S/C9H9NO2S/c1-6(11)9-10-7(5-13-9)8-3-2-4-12-8/h2-6,11H,1H3. The van der Waals surface area contributed by atoms with Gasteiger partial charge in [-0.3, -0.25) is 0 Å². The molecule has 0 fully saturated rings. The van der Waals surface area contributed by atoms with Crippen LogP contribution in [0.3, 0.4) is 0 Å². The molecule has 0 aromatic carbocycles. The van der Waals surface area contributed by atoms with E-state index in [4.69, 9.17) is 4.42 Å². The molecule has 2 heterocycles. The number of furan rings is 1. The number of aromatic nitrogens is 1. The van der Waals surface area contributed by atoms with Gasteiger partial charge in [0.2, 0.25) is 0 Å². The van der Waals surface area contributed by atoms with Crippen LogP contribution in [0.1, 0.15) is 18.0 Å². The Morgan fingerprint density at radius 3 is 3.00 bits per heavy atom. The first kappa shape index (κ1) is 8.47. The number of aliphatic hydroxyl groups excluding tert-OH is 1. The van der Waals surface area contributed by atoms with E-state index in [1.54, 1.807) is 13.2 Å². The van der Waals surface area contributed by atoms with E-state index in [0.717, 1.165) is 11.5 Å². The first-order valence-electron chi connectivity index (χ1n) is 3.95. The van der Waals surface area contributed by atoms with Gasteiger partial charge >= 0.3 is 0 Å². The Labute approximate surface area is 79.7 Å². The van der Waals surface area contributed by atoms with Gasteiger partial charge in [0, 0.05) is 5.38 Å². The van der Waals surface area contributed by atoms with Crippen LogP contribution >= 0.6 is 11.3 Å². The molecule has 13 heavy (non-hydrogen) atoms. The first-order valence-corrected chi connectivity index (χ1v) is 4.82. The van der Waals surface area contributed by atoms with E-state index in [1.165, 1.54) is 11.3 Å². The molecule has 0 spiro atoms. The lowest BCUT2D eigenvalue weighted by molar-refractivity contribution is 0.199. The van der Waals surface area contributed by atoms with Crippen LogP contribution in [-0.2, 0) is 0 Å². The molecule has 3 nitrogen and oxygen atoms in total. The zero-order chi connectivity index (χ0) is 9.26. The smallest absolute Gasteiger partial charge is 0.153 e. The number of hydrogen-bond donors (Lipinski definition) is 1. The Bertz CT molecular complexity index is 378. The first-order chi connectivity index (χ1) is 6.27. The van der Waals surface area contributed by atoms with E-state index < -0.39 is 6.10 Å². The molecule has 0 amide bonds. The van der Waals surface area contributed by atoms with Crippen molar-refractivity contribution in [3.05, 3.63) is 28.8 Å². The summed E-state index contributed by atoms with van der Waals surface area (Å²) in [6.45, 7) is 1.70. The Morgan fingerprint density at radius 2 is 2.46 bits per heavy atom. The molecular formula is C9H9NO2S. The fourth-order valence-corrected chi connectivity index (χ4v) is 1.77. The number of thiazole rings is 1. The molecule has 2 rings (SSSR count). The van der Waals surface area contributed by atoms with Crippen LogP contribution in [0.15, 0.2) is 28.2 Å². The maximum Gasteiger partial charge on any atom is 0.153 e. The van der Waals surface area contributed by atoms with E-state index in [2.05, 4.69) is 4.98 Å². The lowest BCUT2D eigenvalue weighted by Crippen LogP contribution is -1.88. The molecule has 1 N–H and O–H groups in total. The van der Waals surface area contributed by atoms with Crippen LogP contribution in [0.5, 0.6) is 0 Å². The second kappa shape index (κ2) is 3.32. The van der Waals surface area contributed by atoms with Gasteiger partial charge in [-0.2, -0.15) is 0 Å². The summed E-state index contributed by atoms with van der Waals surface area (Å²) in [4.78, 5) is 4.23. The highest BCUT2D eigenvalue weighted by Gasteiger charge is 2.09. The van der Waals surface area contributed by atoms with Crippen LogP contribution < -0.4 is 0 Å². The molecule has 0 aliphatic rings. The zero-order valence-electron chi connectivity index (χ0n) is 7.10. The molecule has 0 aliphatic heterocycles. The van der Waals surface area contributed by atoms with Gasteiger partial charge in [-0.05, 0) is 19.1 Å². The van der Waals surface area contributed by atoms with Crippen LogP contribution in [-0.4, -0.2) is 10.1 Å². The molecule has 0 bridgehead atoms. The number of aliphatic hydroxyl groups is 1. The SMILES string of the molecule is CC(O)c1nc(-c2ccco2)cs1. The second-order valence-electron chi connectivity index (χ2n) is 2.72. The van der Waals surface area contributed by atoms with Crippen molar-refractivity contribution < 1.29 is 9.52 Å². The highest BCUT2D eigenvalue weighted by molar-refractivity contribution is 7.10. The predicted octanol–water partition coefficient (Wildman–Crippen LogP) is 2.46. The summed E-state index contributed by atoms with van der Waals surface area (Å²) in [6, 6.07) is 3.66. The van der Waals surface area contributed by atoms with Gasteiger partial charge in [-0.15, -0.1) is 11.3 Å². The summed E-state index contributed by atoms with van der Waals surface area (Å²) in [5.74, 6) is 0.739. The second-order valence-corrected chi connectivity index (χ2v) is 3.61. The molecule has 0 aliphatic carbocycles. The minimum absolute atomic E-state index is 0.506. The van der Waals surface area contributed by atoms with E-state index in [0.29, 0.717) is 5.01 Å². The van der Waals surface area contributed by atoms with Gasteiger partial charge in [0.25, 0.3) is 0 Å². The van der Waals surface area contributed by atoms with Gasteiger partial charge in [-0.1, -0.05) is 0 Å². The molecule has 68 valence electrons. The van der Waals surface area contributed by atoms with Crippen molar-refractivity contribution in [2.45, 2.75) is 13.0 Å². The van der Waals surface area contributed by atoms with Gasteiger partial charge in [0.05, 0.1) is 6.26 Å². The Hall–Kier alpha value is -1.13. The highest BCUT2D eigenvalue weighted by atomic mass is 32.1. The lowest BCUT2D eigenvalue weighted by Gasteiger charge is -1.95. The molecule has 0 radical (unpaired) electrons. The molecule has 1 unspecified atom stereocenters. The summed E-state index contributed by atoms with van der Waals surface area (Å²) in [7, 11) is 0. The summed E-state index contributed by atoms with van der Waals surface area (Å²) in [6.07, 6.45) is 1.10. The summed E-state index contributed by atoms with van der Waals surface area (Å²) in [5.41, 5.74) is 0.783. The zero-order valence-corrected chi connectivity index (χ0v) is 7.91. The molecule has 0 saturated heterocycles. The average Bonchev–Trinajstić information content (AvgIpc) is 2.75. The van der Waals surface area contributed by atoms with Crippen molar-refractivity contribution in [1.82, 2.24) is 4.98 Å². The van der Waals surface area contributed by atoms with Crippen molar-refractivity contribution in [3.63, 3.8) is 0 Å². The Balaban J connectivity index is 2.33. The summed E-state index contributed by atoms with van der Waals surface area (Å²) in [5, 5.41) is 11.8. The minimum Gasteiger partial charge on any atom is -0.463 e. The number of rotatable bonds is 2. The summed E-state index contributed by atoms with van der Waals surface area (Å²) < 4.78 is 5.18. The van der Waals surface area contributed by atoms with Crippen LogP contribution in [0.2, 0.25) is 0 Å². The number of nitrogens with zero attached hydrogens (tertiary/aromatic N) is 1. The highest BCUT2D eigenvalue weighted by Crippen LogP contribution is 2.25. The maximum atomic E-state index is 9.25. The van der Waals surface area contributed by atoms with Gasteiger partial charge in [0.15, 0.2) is 5.76 Å². The monoisotopic (exact) mass is 195 g/mol. The fourth-order valence-electron chi connectivity index (χ4n) is 1.02. The molecule has 4 heteroatoms. The normalized spacial score (nSPS) is 13.1. The molecular weight excluding hydrogens is 186 g/mol. The molecule has 2 aromatic rings. The summed E-state index contributed by atoms with van der Waals surface area (Å²) >= 11 is 1.43. The average molecular weight is 195 g/mol. The van der Waals surface area contributed by atoms with E-state index >= 15 is 0 Å². The van der Waals surface area contributed by atoms with Crippen molar-refractivity contribution in [1.29, 1.82) is 0 Å². The Morgan fingerprint density at radius 1 is 1.62 bits per heavy atom. The molecule has 2 aromatic heterocycles. The van der Waals surface area contributed by atoms with Gasteiger partial charge < -0.3 is 9.52 Å². The number of hydrogen-bond acceptors (Lipinski definition) is 4. The van der Waals surface area contributed by atoms with Crippen LogP contribution in [0, 0.1) is 0 Å². The fraction of sp³-hybridized carbons (Fsp3) is 0.222. The lowest BCUT2D eigenvalue weighted by atomic mass is 10.3. The van der Waals surface area contributed by atoms with Crippen molar-refractivity contribution >= 4 is 11.3 Å².